The first-order valence-electron chi connectivity index (χ1n) is 10.2. The number of pyridine rings is 1. The molecule has 0 atom stereocenters. The van der Waals surface area contributed by atoms with Gasteiger partial charge in [-0.3, -0.25) is 4.79 Å². The molecule has 178 valence electrons. The summed E-state index contributed by atoms with van der Waals surface area (Å²) in [4.78, 5) is 17.5. The van der Waals surface area contributed by atoms with Crippen molar-refractivity contribution in [2.24, 2.45) is 0 Å². The van der Waals surface area contributed by atoms with Crippen LogP contribution in [-0.2, 0) is 14.6 Å². The summed E-state index contributed by atoms with van der Waals surface area (Å²) < 4.78 is 35.1. The molecule has 0 aliphatic carbocycles. The van der Waals surface area contributed by atoms with Crippen molar-refractivity contribution in [2.75, 3.05) is 11.6 Å². The quantitative estimate of drug-likeness (QED) is 0.316. The molecule has 0 radical (unpaired) electrons. The van der Waals surface area contributed by atoms with E-state index in [-0.39, 0.29) is 16.9 Å². The zero-order chi connectivity index (χ0) is 24.8. The summed E-state index contributed by atoms with van der Waals surface area (Å²) in [5.74, 6) is 0.773. The zero-order valence-electron chi connectivity index (χ0n) is 19.1. The fourth-order valence-corrected chi connectivity index (χ4v) is 4.95. The number of halogens is 1. The van der Waals surface area contributed by atoms with Crippen molar-refractivity contribution in [3.8, 4) is 11.6 Å². The van der Waals surface area contributed by atoms with Crippen molar-refractivity contribution in [2.45, 2.75) is 32.4 Å². The number of amides is 1. The average molecular weight is 520 g/mol. The number of sulfone groups is 1. The molecule has 1 aromatic carbocycles. The van der Waals surface area contributed by atoms with Crippen LogP contribution >= 0.6 is 22.9 Å². The minimum Gasteiger partial charge on any atom is -0.433 e. The highest BCUT2D eigenvalue weighted by atomic mass is 35.5. The third-order valence-corrected chi connectivity index (χ3v) is 8.96. The van der Waals surface area contributed by atoms with Crippen LogP contribution in [-0.4, -0.2) is 30.7 Å². The number of benzene rings is 1. The van der Waals surface area contributed by atoms with E-state index < -0.39 is 14.6 Å². The summed E-state index contributed by atoms with van der Waals surface area (Å²) in [7, 11) is -3.32. The summed E-state index contributed by atoms with van der Waals surface area (Å²) in [6, 6.07) is 10.2. The van der Waals surface area contributed by atoms with Crippen molar-refractivity contribution in [1.82, 2.24) is 10.1 Å². The van der Waals surface area contributed by atoms with E-state index in [1.165, 1.54) is 23.7 Å². The van der Waals surface area contributed by atoms with Crippen LogP contribution in [0, 0.1) is 13.8 Å². The Labute approximate surface area is 205 Å². The maximum Gasteiger partial charge on any atom is 0.265 e. The summed E-state index contributed by atoms with van der Waals surface area (Å²) in [5.41, 5.74) is 1.63. The first-order chi connectivity index (χ1) is 15.8. The number of nitrogens with one attached hydrogen (secondary N) is 1. The van der Waals surface area contributed by atoms with Crippen molar-refractivity contribution < 1.29 is 22.5 Å². The molecule has 0 unspecified atom stereocenters. The molecule has 3 aromatic heterocycles. The van der Waals surface area contributed by atoms with Gasteiger partial charge >= 0.3 is 0 Å². The van der Waals surface area contributed by atoms with Gasteiger partial charge in [0.1, 0.15) is 10.8 Å². The Morgan fingerprint density at radius 3 is 2.56 bits per heavy atom. The van der Waals surface area contributed by atoms with Gasteiger partial charge < -0.3 is 14.6 Å². The van der Waals surface area contributed by atoms with Crippen LogP contribution in [0.1, 0.15) is 40.5 Å². The largest absolute Gasteiger partial charge is 0.433 e. The van der Waals surface area contributed by atoms with Crippen molar-refractivity contribution >= 4 is 54.5 Å². The van der Waals surface area contributed by atoms with Gasteiger partial charge in [0.15, 0.2) is 21.3 Å². The van der Waals surface area contributed by atoms with Crippen molar-refractivity contribution in [1.29, 1.82) is 0 Å². The van der Waals surface area contributed by atoms with Crippen LogP contribution in [0.2, 0.25) is 5.15 Å². The molecule has 0 saturated heterocycles. The molecule has 11 heteroatoms. The number of nitrogens with zero attached hydrogens (tertiary/aromatic N) is 2. The number of aromatic nitrogens is 2. The van der Waals surface area contributed by atoms with E-state index in [2.05, 4.69) is 15.5 Å². The topological polar surface area (TPSA) is 111 Å². The molecule has 0 bridgehead atoms. The highest BCUT2D eigenvalue weighted by Gasteiger charge is 2.32. The molecular weight excluding hydrogens is 498 g/mol. The lowest BCUT2D eigenvalue weighted by Crippen LogP contribution is -2.27. The third-order valence-electron chi connectivity index (χ3n) is 5.57. The second-order valence-electron chi connectivity index (χ2n) is 8.37. The van der Waals surface area contributed by atoms with E-state index >= 15 is 0 Å². The number of anilines is 1. The Balaban J connectivity index is 1.59. The predicted octanol–water partition coefficient (Wildman–Crippen LogP) is 5.88. The van der Waals surface area contributed by atoms with Crippen LogP contribution in [0.3, 0.4) is 0 Å². The number of aryl methyl sites for hydroxylation is 2. The second kappa shape index (κ2) is 8.68. The first kappa shape index (κ1) is 24.2. The van der Waals surface area contributed by atoms with E-state index in [1.54, 1.807) is 45.9 Å². The number of carbonyl (C=O) groups is 1. The number of carbonyl (C=O) groups excluding carboxylic acids is 1. The van der Waals surface area contributed by atoms with Gasteiger partial charge in [0.25, 0.3) is 5.91 Å². The SMILES string of the molecule is Cc1noc(C)c1Oc1cc(NC(=O)c2cc3cc(C(C)(C)S(C)(=O)=O)ccc3s2)cc(Cl)n1. The smallest absolute Gasteiger partial charge is 0.265 e. The molecule has 1 N–H and O–H groups in total. The molecule has 1 amide bonds. The Hall–Kier alpha value is -2.95. The zero-order valence-corrected chi connectivity index (χ0v) is 21.5. The Morgan fingerprint density at radius 1 is 1.18 bits per heavy atom. The summed E-state index contributed by atoms with van der Waals surface area (Å²) >= 11 is 7.44. The molecule has 34 heavy (non-hydrogen) atoms. The van der Waals surface area contributed by atoms with Gasteiger partial charge in [-0.1, -0.05) is 22.8 Å². The molecule has 0 aliphatic rings. The van der Waals surface area contributed by atoms with Gasteiger partial charge in [-0.25, -0.2) is 13.4 Å². The molecule has 3 heterocycles. The average Bonchev–Trinajstić information content (AvgIpc) is 3.30. The van der Waals surface area contributed by atoms with E-state index in [9.17, 15) is 13.2 Å². The number of thiophene rings is 1. The van der Waals surface area contributed by atoms with Gasteiger partial charge in [0, 0.05) is 29.6 Å². The normalized spacial score (nSPS) is 12.2. The molecule has 4 rings (SSSR count). The molecule has 0 spiro atoms. The Morgan fingerprint density at radius 2 is 1.91 bits per heavy atom. The monoisotopic (exact) mass is 519 g/mol. The standard InChI is InChI=1S/C23H22ClN3O5S2/c1-12-21(13(2)32-27-12)31-20-11-16(10-19(24)26-20)25-22(28)18-9-14-8-15(6-7-17(14)33-18)23(3,4)34(5,29)30/h6-11H,1-5H3,(H,25,26,28). The van der Waals surface area contributed by atoms with E-state index in [0.717, 1.165) is 10.1 Å². The minimum atomic E-state index is -3.32. The Bertz CT molecular complexity index is 1500. The fraction of sp³-hybridized carbons (Fsp3) is 0.261. The maximum atomic E-state index is 12.9. The number of ether oxygens (including phenoxy) is 1. The molecule has 0 fully saturated rings. The fourth-order valence-electron chi connectivity index (χ4n) is 3.26. The number of rotatable bonds is 6. The molecule has 0 aliphatic heterocycles. The molecule has 0 saturated carbocycles. The van der Waals surface area contributed by atoms with E-state index in [1.807, 2.05) is 12.1 Å². The first-order valence-corrected chi connectivity index (χ1v) is 13.3. The van der Waals surface area contributed by atoms with Gasteiger partial charge in [-0.15, -0.1) is 11.3 Å². The van der Waals surface area contributed by atoms with Crippen LogP contribution in [0.25, 0.3) is 10.1 Å². The number of hydrogen-bond acceptors (Lipinski definition) is 8. The van der Waals surface area contributed by atoms with Crippen LogP contribution < -0.4 is 10.1 Å². The van der Waals surface area contributed by atoms with Crippen molar-refractivity contribution in [3.63, 3.8) is 0 Å². The maximum absolute atomic E-state index is 12.9. The van der Waals surface area contributed by atoms with Gasteiger partial charge in [-0.05, 0) is 56.0 Å². The number of hydrogen-bond donors (Lipinski definition) is 1. The van der Waals surface area contributed by atoms with Gasteiger partial charge in [0.2, 0.25) is 5.88 Å². The summed E-state index contributed by atoms with van der Waals surface area (Å²) in [5, 5.41) is 7.58. The lowest BCUT2D eigenvalue weighted by atomic mass is 10.0. The predicted molar refractivity (Wildman–Crippen MR) is 133 cm³/mol. The van der Waals surface area contributed by atoms with Gasteiger partial charge in [-0.2, -0.15) is 0 Å². The summed E-state index contributed by atoms with van der Waals surface area (Å²) in [6.07, 6.45) is 1.22. The summed E-state index contributed by atoms with van der Waals surface area (Å²) in [6.45, 7) is 6.79. The number of fused-ring (bicyclic) bond motifs is 1. The molecule has 8 nitrogen and oxygen atoms in total. The van der Waals surface area contributed by atoms with Crippen LogP contribution in [0.5, 0.6) is 11.6 Å². The van der Waals surface area contributed by atoms with E-state index in [4.69, 9.17) is 20.9 Å². The third kappa shape index (κ3) is 4.66. The lowest BCUT2D eigenvalue weighted by Gasteiger charge is -2.23. The van der Waals surface area contributed by atoms with Crippen LogP contribution in [0.15, 0.2) is 40.9 Å². The van der Waals surface area contributed by atoms with Gasteiger partial charge in [0.05, 0.1) is 9.62 Å². The van der Waals surface area contributed by atoms with Crippen molar-refractivity contribution in [3.05, 3.63) is 63.4 Å². The van der Waals surface area contributed by atoms with Crippen LogP contribution in [0.4, 0.5) is 5.69 Å². The second-order valence-corrected chi connectivity index (χ2v) is 12.4. The highest BCUT2D eigenvalue weighted by molar-refractivity contribution is 7.91. The lowest BCUT2D eigenvalue weighted by molar-refractivity contribution is 0.103. The van der Waals surface area contributed by atoms with E-state index in [0.29, 0.717) is 33.3 Å². The highest BCUT2D eigenvalue weighted by Crippen LogP contribution is 2.35. The molecular formula is C23H22ClN3O5S2. The minimum absolute atomic E-state index is 0.142. The Kier molecular flexibility index (Phi) is 6.17. The molecule has 4 aromatic rings.